The van der Waals surface area contributed by atoms with E-state index in [2.05, 4.69) is 4.98 Å². The number of aromatic nitrogens is 1. The van der Waals surface area contributed by atoms with Crippen LogP contribution in [-0.4, -0.2) is 29.3 Å². The highest BCUT2D eigenvalue weighted by Crippen LogP contribution is 2.32. The highest BCUT2D eigenvalue weighted by Gasteiger charge is 2.34. The minimum Gasteiger partial charge on any atom is -0.478 e. The lowest BCUT2D eigenvalue weighted by molar-refractivity contribution is -0.141. The number of carboxylic acids is 1. The van der Waals surface area contributed by atoms with Crippen molar-refractivity contribution in [3.05, 3.63) is 35.2 Å². The molecule has 4 nitrogen and oxygen atoms in total. The zero-order valence-corrected chi connectivity index (χ0v) is 9.70. The molecular weight excluding hydrogens is 263 g/mol. The van der Waals surface area contributed by atoms with Crippen molar-refractivity contribution in [2.24, 2.45) is 0 Å². The molecule has 7 heteroatoms. The Morgan fingerprint density at radius 1 is 1.42 bits per heavy atom. The summed E-state index contributed by atoms with van der Waals surface area (Å²) in [6.07, 6.45) is -1.89. The highest BCUT2D eigenvalue weighted by atomic mass is 19.4. The van der Waals surface area contributed by atoms with Gasteiger partial charge in [-0.05, 0) is 23.6 Å². The lowest BCUT2D eigenvalue weighted by atomic mass is 9.97. The van der Waals surface area contributed by atoms with Crippen LogP contribution in [0.15, 0.2) is 18.3 Å². The van der Waals surface area contributed by atoms with Crippen molar-refractivity contribution in [2.45, 2.75) is 12.6 Å². The van der Waals surface area contributed by atoms with E-state index in [9.17, 15) is 18.0 Å². The van der Waals surface area contributed by atoms with Crippen LogP contribution in [0.5, 0.6) is 0 Å². The number of rotatable bonds is 2. The molecule has 0 saturated carbocycles. The second-order valence-electron chi connectivity index (χ2n) is 3.97. The minimum atomic E-state index is -4.60. The Bertz CT molecular complexity index is 538. The first-order valence-corrected chi connectivity index (χ1v) is 5.47. The number of hydrogen-bond acceptors (Lipinski definition) is 3. The van der Waals surface area contributed by atoms with Crippen molar-refractivity contribution in [1.29, 1.82) is 0 Å². The van der Waals surface area contributed by atoms with Crippen LogP contribution in [0.3, 0.4) is 0 Å². The van der Waals surface area contributed by atoms with E-state index in [0.717, 1.165) is 12.3 Å². The van der Waals surface area contributed by atoms with Crippen molar-refractivity contribution in [2.75, 3.05) is 13.2 Å². The van der Waals surface area contributed by atoms with Crippen LogP contribution in [0.1, 0.15) is 28.0 Å². The number of ether oxygens (including phenoxy) is 1. The lowest BCUT2D eigenvalue weighted by Crippen LogP contribution is -2.13. The van der Waals surface area contributed by atoms with Crippen LogP contribution in [0.4, 0.5) is 13.2 Å². The van der Waals surface area contributed by atoms with Crippen molar-refractivity contribution in [3.8, 4) is 0 Å². The maximum Gasteiger partial charge on any atom is 0.433 e. The second-order valence-corrected chi connectivity index (χ2v) is 3.97. The first-order chi connectivity index (χ1) is 8.89. The molecule has 1 aliphatic heterocycles. The molecule has 1 aromatic heterocycles. The van der Waals surface area contributed by atoms with Crippen LogP contribution in [-0.2, 0) is 10.9 Å². The summed E-state index contributed by atoms with van der Waals surface area (Å²) in [5.41, 5.74) is -0.740. The molecule has 0 fully saturated rings. The molecule has 0 spiro atoms. The number of carboxylic acid groups (broad SMARTS) is 1. The van der Waals surface area contributed by atoms with Gasteiger partial charge in [-0.1, -0.05) is 6.08 Å². The SMILES string of the molecule is O=C(O)c1cnc(C(F)(F)F)cc1C1=CCOCC1. The molecular formula is C12H10F3NO3. The Kier molecular flexibility index (Phi) is 3.57. The van der Waals surface area contributed by atoms with Gasteiger partial charge in [0.2, 0.25) is 0 Å². The number of aromatic carboxylic acids is 1. The van der Waals surface area contributed by atoms with Crippen LogP contribution in [0.25, 0.3) is 5.57 Å². The summed E-state index contributed by atoms with van der Waals surface area (Å²) >= 11 is 0. The van der Waals surface area contributed by atoms with Crippen molar-refractivity contribution < 1.29 is 27.8 Å². The normalized spacial score (nSPS) is 16.1. The molecule has 19 heavy (non-hydrogen) atoms. The van der Waals surface area contributed by atoms with Gasteiger partial charge in [-0.3, -0.25) is 4.98 Å². The minimum absolute atomic E-state index is 0.0538. The van der Waals surface area contributed by atoms with Gasteiger partial charge in [-0.25, -0.2) is 4.79 Å². The van der Waals surface area contributed by atoms with Crippen LogP contribution < -0.4 is 0 Å². The maximum atomic E-state index is 12.6. The molecule has 2 heterocycles. The van der Waals surface area contributed by atoms with E-state index < -0.39 is 17.8 Å². The molecule has 0 aliphatic carbocycles. The third kappa shape index (κ3) is 2.93. The fraction of sp³-hybridized carbons (Fsp3) is 0.333. The Morgan fingerprint density at radius 3 is 2.68 bits per heavy atom. The van der Waals surface area contributed by atoms with Gasteiger partial charge < -0.3 is 9.84 Å². The predicted octanol–water partition coefficient (Wildman–Crippen LogP) is 2.60. The van der Waals surface area contributed by atoms with Gasteiger partial charge >= 0.3 is 12.1 Å². The van der Waals surface area contributed by atoms with Gasteiger partial charge in [0.25, 0.3) is 0 Å². The predicted molar refractivity (Wildman–Crippen MR) is 59.6 cm³/mol. The Morgan fingerprint density at radius 2 is 2.16 bits per heavy atom. The largest absolute Gasteiger partial charge is 0.478 e. The number of nitrogens with zero attached hydrogens (tertiary/aromatic N) is 1. The number of carbonyl (C=O) groups is 1. The first kappa shape index (κ1) is 13.5. The summed E-state index contributed by atoms with van der Waals surface area (Å²) in [4.78, 5) is 14.2. The van der Waals surface area contributed by atoms with Crippen molar-refractivity contribution in [3.63, 3.8) is 0 Å². The topological polar surface area (TPSA) is 59.4 Å². The quantitative estimate of drug-likeness (QED) is 0.899. The molecule has 0 unspecified atom stereocenters. The molecule has 0 atom stereocenters. The van der Waals surface area contributed by atoms with Gasteiger partial charge in [0.05, 0.1) is 18.8 Å². The van der Waals surface area contributed by atoms with E-state index in [1.54, 1.807) is 6.08 Å². The average Bonchev–Trinajstić information content (AvgIpc) is 2.38. The molecule has 0 bridgehead atoms. The van der Waals surface area contributed by atoms with Gasteiger partial charge in [0, 0.05) is 6.20 Å². The molecule has 0 aromatic carbocycles. The van der Waals surface area contributed by atoms with Gasteiger partial charge in [0.15, 0.2) is 0 Å². The Labute approximate surface area is 106 Å². The molecule has 0 radical (unpaired) electrons. The van der Waals surface area contributed by atoms with E-state index in [1.165, 1.54) is 0 Å². The van der Waals surface area contributed by atoms with E-state index in [4.69, 9.17) is 9.84 Å². The van der Waals surface area contributed by atoms with Gasteiger partial charge in [-0.2, -0.15) is 13.2 Å². The summed E-state index contributed by atoms with van der Waals surface area (Å²) in [5.74, 6) is -1.30. The van der Waals surface area contributed by atoms with E-state index >= 15 is 0 Å². The molecule has 102 valence electrons. The van der Waals surface area contributed by atoms with Crippen molar-refractivity contribution >= 4 is 11.5 Å². The number of hydrogen-bond donors (Lipinski definition) is 1. The summed E-state index contributed by atoms with van der Waals surface area (Å²) in [7, 11) is 0. The first-order valence-electron chi connectivity index (χ1n) is 5.47. The van der Waals surface area contributed by atoms with E-state index in [0.29, 0.717) is 18.6 Å². The number of halogens is 3. The smallest absolute Gasteiger partial charge is 0.433 e. The van der Waals surface area contributed by atoms with Crippen LogP contribution in [0.2, 0.25) is 0 Å². The summed E-state index contributed by atoms with van der Waals surface area (Å²) in [6, 6.07) is 0.778. The fourth-order valence-electron chi connectivity index (χ4n) is 1.82. The molecule has 1 aromatic rings. The number of alkyl halides is 3. The molecule has 0 saturated heterocycles. The zero-order valence-electron chi connectivity index (χ0n) is 9.70. The summed E-state index contributed by atoms with van der Waals surface area (Å²) in [6.45, 7) is 0.618. The van der Waals surface area contributed by atoms with Gasteiger partial charge in [-0.15, -0.1) is 0 Å². The maximum absolute atomic E-state index is 12.6. The second kappa shape index (κ2) is 5.00. The fourth-order valence-corrected chi connectivity index (χ4v) is 1.82. The van der Waals surface area contributed by atoms with Crippen LogP contribution in [0, 0.1) is 0 Å². The Balaban J connectivity index is 2.54. The zero-order chi connectivity index (χ0) is 14.0. The molecule has 1 aliphatic rings. The molecule has 1 N–H and O–H groups in total. The third-order valence-corrected chi connectivity index (χ3v) is 2.73. The Hall–Kier alpha value is -1.89. The molecule has 0 amide bonds. The summed E-state index contributed by atoms with van der Waals surface area (Å²) in [5, 5.41) is 9.01. The summed E-state index contributed by atoms with van der Waals surface area (Å²) < 4.78 is 42.9. The number of pyridine rings is 1. The lowest BCUT2D eigenvalue weighted by Gasteiger charge is -2.16. The van der Waals surface area contributed by atoms with Crippen LogP contribution >= 0.6 is 0 Å². The third-order valence-electron chi connectivity index (χ3n) is 2.73. The van der Waals surface area contributed by atoms with E-state index in [1.807, 2.05) is 0 Å². The molecule has 2 rings (SSSR count). The highest BCUT2D eigenvalue weighted by molar-refractivity contribution is 5.94. The monoisotopic (exact) mass is 273 g/mol. The van der Waals surface area contributed by atoms with Crippen molar-refractivity contribution in [1.82, 2.24) is 4.98 Å². The van der Waals surface area contributed by atoms with E-state index in [-0.39, 0.29) is 17.7 Å². The average molecular weight is 273 g/mol. The standard InChI is InChI=1S/C12H10F3NO3/c13-12(14,15)10-5-8(7-1-3-19-4-2-7)9(6-16-10)11(17)18/h1,5-6H,2-4H2,(H,17,18). The van der Waals surface area contributed by atoms with Gasteiger partial charge in [0.1, 0.15) is 5.69 Å².